The lowest BCUT2D eigenvalue weighted by atomic mass is 9.84. The largest absolute Gasteiger partial charge is 0.494 e. The lowest BCUT2D eigenvalue weighted by Crippen LogP contribution is -2.42. The summed E-state index contributed by atoms with van der Waals surface area (Å²) in [5, 5.41) is 8.97. The number of benzene rings is 1. The van der Waals surface area contributed by atoms with Crippen LogP contribution in [0.2, 0.25) is 0 Å². The van der Waals surface area contributed by atoms with Crippen molar-refractivity contribution in [3.8, 4) is 11.6 Å². The van der Waals surface area contributed by atoms with Gasteiger partial charge in [-0.3, -0.25) is 10.5 Å². The summed E-state index contributed by atoms with van der Waals surface area (Å²) in [6.45, 7) is 9.75. The number of hydrogen-bond acceptors (Lipinski definition) is 8. The molecule has 192 valence electrons. The molecule has 10 nitrogen and oxygen atoms in total. The van der Waals surface area contributed by atoms with Gasteiger partial charge in [-0.15, -0.1) is 4.68 Å². The van der Waals surface area contributed by atoms with Gasteiger partial charge in [-0.2, -0.15) is 0 Å². The van der Waals surface area contributed by atoms with E-state index in [1.165, 1.54) is 22.0 Å². The second-order valence-corrected chi connectivity index (χ2v) is 10.6. The van der Waals surface area contributed by atoms with Gasteiger partial charge in [0.05, 0.1) is 32.6 Å². The van der Waals surface area contributed by atoms with Crippen LogP contribution in [0.3, 0.4) is 0 Å². The van der Waals surface area contributed by atoms with Crippen LogP contribution in [-0.2, 0) is 16.7 Å². The number of methoxy groups -OCH3 is 1. The normalized spacial score (nSPS) is 16.4. The molecule has 0 spiro atoms. The van der Waals surface area contributed by atoms with Crippen LogP contribution < -0.4 is 24.8 Å². The summed E-state index contributed by atoms with van der Waals surface area (Å²) in [6, 6.07) is 7.42. The zero-order chi connectivity index (χ0) is 25.4. The number of nitrogens with two attached hydrogens (primary N) is 1. The highest BCUT2D eigenvalue weighted by molar-refractivity contribution is 5.97. The molecule has 1 aliphatic heterocycles. The van der Waals surface area contributed by atoms with Gasteiger partial charge in [0.1, 0.15) is 5.75 Å². The van der Waals surface area contributed by atoms with Crippen molar-refractivity contribution in [2.45, 2.75) is 45.6 Å². The van der Waals surface area contributed by atoms with Gasteiger partial charge in [0, 0.05) is 36.3 Å². The minimum atomic E-state index is -0.223. The van der Waals surface area contributed by atoms with E-state index in [1.54, 1.807) is 19.2 Å². The summed E-state index contributed by atoms with van der Waals surface area (Å²) in [6.07, 6.45) is 2.40. The Morgan fingerprint density at radius 3 is 2.64 bits per heavy atom. The van der Waals surface area contributed by atoms with Gasteiger partial charge >= 0.3 is 5.95 Å². The number of nitrogen functional groups attached to an aromatic ring is 1. The van der Waals surface area contributed by atoms with Gasteiger partial charge in [0.2, 0.25) is 5.88 Å². The van der Waals surface area contributed by atoms with Crippen LogP contribution in [-0.4, -0.2) is 60.5 Å². The zero-order valence-electron chi connectivity index (χ0n) is 21.5. The van der Waals surface area contributed by atoms with Gasteiger partial charge in [-0.25, -0.2) is 0 Å². The Hall–Kier alpha value is -3.40. The first-order valence-corrected chi connectivity index (χ1v) is 12.5. The minimum Gasteiger partial charge on any atom is -0.494 e. The molecule has 0 bridgehead atoms. The third-order valence-electron chi connectivity index (χ3n) is 6.71. The molecule has 0 atom stereocenters. The molecule has 0 unspecified atom stereocenters. The number of ketones is 1. The number of nitrogens with zero attached hydrogens (tertiary/aromatic N) is 5. The third-order valence-corrected chi connectivity index (χ3v) is 6.71. The molecule has 2 aliphatic rings. The Labute approximate surface area is 210 Å². The van der Waals surface area contributed by atoms with Crippen LogP contribution >= 0.6 is 0 Å². The second-order valence-electron chi connectivity index (χ2n) is 10.6. The maximum absolute atomic E-state index is 13.6. The fraction of sp³-hybridized carbons (Fsp3) is 0.538. The number of carbonyl (C=O) groups is 1. The highest BCUT2D eigenvalue weighted by Gasteiger charge is 2.29. The molecular weight excluding hydrogens is 460 g/mol. The zero-order valence-corrected chi connectivity index (χ0v) is 21.5. The number of hydrogen-bond donors (Lipinski definition) is 1. The summed E-state index contributed by atoms with van der Waals surface area (Å²) in [5.41, 5.74) is 9.15. The SMILES string of the molecule is COc1c(N2CCOCC2)cc(C(=O)C[n+]2nc3ccc(OCC4CC4)nn3c2N)cc1C(C)(C)C. The molecule has 1 saturated carbocycles. The molecule has 2 aromatic heterocycles. The van der Waals surface area contributed by atoms with Crippen LogP contribution in [0.5, 0.6) is 11.6 Å². The Kier molecular flexibility index (Phi) is 6.46. The Bertz CT molecular complexity index is 1270. The first-order valence-electron chi connectivity index (χ1n) is 12.5. The van der Waals surface area contributed by atoms with E-state index in [9.17, 15) is 4.79 Å². The number of ether oxygens (including phenoxy) is 3. The quantitative estimate of drug-likeness (QED) is 0.375. The third kappa shape index (κ3) is 4.95. The summed E-state index contributed by atoms with van der Waals surface area (Å²) >= 11 is 0. The molecule has 0 amide bonds. The van der Waals surface area contributed by atoms with E-state index in [1.807, 2.05) is 12.1 Å². The molecular formula is C26H35N6O4+. The van der Waals surface area contributed by atoms with E-state index in [-0.39, 0.29) is 23.7 Å². The summed E-state index contributed by atoms with van der Waals surface area (Å²) < 4.78 is 20.2. The van der Waals surface area contributed by atoms with Gasteiger partial charge < -0.3 is 19.1 Å². The van der Waals surface area contributed by atoms with Crippen molar-refractivity contribution in [3.05, 3.63) is 35.4 Å². The predicted molar refractivity (Wildman–Crippen MR) is 135 cm³/mol. The van der Waals surface area contributed by atoms with Crippen molar-refractivity contribution in [1.29, 1.82) is 0 Å². The van der Waals surface area contributed by atoms with Crippen molar-refractivity contribution >= 4 is 23.1 Å². The number of morpholine rings is 1. The fourth-order valence-electron chi connectivity index (χ4n) is 4.42. The van der Waals surface area contributed by atoms with Gasteiger partial charge in [0.15, 0.2) is 12.3 Å². The Morgan fingerprint density at radius 1 is 1.22 bits per heavy atom. The van der Waals surface area contributed by atoms with E-state index in [0.29, 0.717) is 42.8 Å². The summed E-state index contributed by atoms with van der Waals surface area (Å²) in [7, 11) is 1.68. The smallest absolute Gasteiger partial charge is 0.401 e. The van der Waals surface area contributed by atoms with E-state index >= 15 is 0 Å². The first-order chi connectivity index (χ1) is 17.2. The number of aromatic nitrogens is 4. The molecule has 1 aliphatic carbocycles. The van der Waals surface area contributed by atoms with Crippen molar-refractivity contribution in [2.24, 2.45) is 5.92 Å². The van der Waals surface area contributed by atoms with Crippen molar-refractivity contribution in [3.63, 3.8) is 0 Å². The van der Waals surface area contributed by atoms with Crippen LogP contribution in [0, 0.1) is 5.92 Å². The first kappa shape index (κ1) is 24.3. The lowest BCUT2D eigenvalue weighted by molar-refractivity contribution is -0.723. The Balaban J connectivity index is 1.45. The van der Waals surface area contributed by atoms with E-state index < -0.39 is 0 Å². The number of anilines is 2. The van der Waals surface area contributed by atoms with Crippen LogP contribution in [0.4, 0.5) is 11.6 Å². The van der Waals surface area contributed by atoms with Crippen molar-refractivity contribution in [1.82, 2.24) is 14.7 Å². The fourth-order valence-corrected chi connectivity index (χ4v) is 4.42. The topological polar surface area (TPSA) is 108 Å². The number of fused-ring (bicyclic) bond motifs is 1. The van der Waals surface area contributed by atoms with Gasteiger partial charge in [0.25, 0.3) is 5.65 Å². The molecule has 36 heavy (non-hydrogen) atoms. The number of rotatable bonds is 8. The number of Topliss-reactive ketones (excluding diaryl/α,β-unsaturated/α-hetero) is 1. The second kappa shape index (κ2) is 9.57. The lowest BCUT2D eigenvalue weighted by Gasteiger charge is -2.33. The standard InChI is InChI=1S/C26H34N6O4/c1-26(2,3)19-13-18(14-20(24(19)34-4)30-9-11-35-12-10-30)21(33)15-31-25(27)32-22(28-31)7-8-23(29-32)36-16-17-5-6-17/h7-8,13-14,17,27H,5-6,9-12,15-16H2,1-4H3/p+1. The molecule has 2 fully saturated rings. The van der Waals surface area contributed by atoms with E-state index in [0.717, 1.165) is 30.1 Å². The van der Waals surface area contributed by atoms with E-state index in [4.69, 9.17) is 19.9 Å². The molecule has 3 aromatic rings. The summed E-state index contributed by atoms with van der Waals surface area (Å²) in [5.74, 6) is 2.09. The van der Waals surface area contributed by atoms with Crippen molar-refractivity contribution < 1.29 is 23.7 Å². The minimum absolute atomic E-state index is 0.00802. The Morgan fingerprint density at radius 2 is 1.97 bits per heavy atom. The average molecular weight is 496 g/mol. The van der Waals surface area contributed by atoms with Crippen LogP contribution in [0.15, 0.2) is 24.3 Å². The highest BCUT2D eigenvalue weighted by atomic mass is 16.5. The maximum Gasteiger partial charge on any atom is 0.401 e. The number of carbonyl (C=O) groups excluding carboxylic acids is 1. The van der Waals surface area contributed by atoms with Crippen LogP contribution in [0.1, 0.15) is 49.5 Å². The highest BCUT2D eigenvalue weighted by Crippen LogP contribution is 2.40. The summed E-state index contributed by atoms with van der Waals surface area (Å²) in [4.78, 5) is 15.8. The van der Waals surface area contributed by atoms with Crippen LogP contribution in [0.25, 0.3) is 5.65 Å². The molecule has 10 heteroatoms. The van der Waals surface area contributed by atoms with Gasteiger partial charge in [-0.1, -0.05) is 35.5 Å². The molecule has 3 heterocycles. The molecule has 5 rings (SSSR count). The van der Waals surface area contributed by atoms with Crippen molar-refractivity contribution in [2.75, 3.05) is 50.7 Å². The molecule has 0 radical (unpaired) electrons. The molecule has 2 N–H and O–H groups in total. The maximum atomic E-state index is 13.6. The monoisotopic (exact) mass is 495 g/mol. The average Bonchev–Trinajstić information content (AvgIpc) is 3.66. The molecule has 1 aromatic carbocycles. The predicted octanol–water partition coefficient (Wildman–Crippen LogP) is 2.41. The van der Waals surface area contributed by atoms with E-state index in [2.05, 4.69) is 35.9 Å². The molecule has 1 saturated heterocycles. The van der Waals surface area contributed by atoms with Gasteiger partial charge in [-0.05, 0) is 36.3 Å².